The van der Waals surface area contributed by atoms with Crippen molar-refractivity contribution in [2.24, 2.45) is 0 Å². The molecule has 0 bridgehead atoms. The zero-order valence-corrected chi connectivity index (χ0v) is 77.7. The van der Waals surface area contributed by atoms with Crippen LogP contribution in [0.2, 0.25) is 20.1 Å². The van der Waals surface area contributed by atoms with E-state index in [4.69, 9.17) is 46.4 Å². The van der Waals surface area contributed by atoms with Crippen molar-refractivity contribution in [2.45, 2.75) is 0 Å². The molecule has 0 atom stereocenters. The lowest BCUT2D eigenvalue weighted by molar-refractivity contribution is 1.18. The Morgan fingerprint density at radius 1 is 0.138 bits per heavy atom. The first-order valence-electron chi connectivity index (χ1n) is 46.6. The molecule has 4 heterocycles. The summed E-state index contributed by atoms with van der Waals surface area (Å²) in [6.45, 7) is 0. The number of para-hydroxylation sites is 3. The van der Waals surface area contributed by atoms with Gasteiger partial charge in [0.2, 0.25) is 0 Å². The highest BCUT2D eigenvalue weighted by atomic mass is 35.5. The SMILES string of the molecule is Clc1cccc(-c2cc3c(c4ccccc24)c2ccc4ccccc4c2n3-c2ccccc2)c1.Clc1cccc(-c2ccc3c4c5ccccc5c5ccccc5c4n(-c4ccccc4)c3c2)c1.Clc1cccc(-c2ccc3c4cc(-c5ccccc5)ccc4n(-c4ccccc4)c3c2)c1.Clc1cccc(-c2ccc3c4cc5ccccc5cc4n(-c4cc5ccccc5c5ccccc45)c3c2)c1. The first-order valence-corrected chi connectivity index (χ1v) is 48.1. The molecule has 0 saturated carbocycles. The Hall–Kier alpha value is -16.5. The molecule has 0 amide bonds. The van der Waals surface area contributed by atoms with Crippen molar-refractivity contribution >= 4 is 209 Å². The van der Waals surface area contributed by atoms with Gasteiger partial charge in [0.05, 0.1) is 49.8 Å². The lowest BCUT2D eigenvalue weighted by Gasteiger charge is -2.15. The van der Waals surface area contributed by atoms with E-state index in [2.05, 4.69) is 449 Å². The van der Waals surface area contributed by atoms with Crippen molar-refractivity contribution < 1.29 is 0 Å². The Kier molecular flexibility index (Phi) is 21.2. The number of aromatic nitrogens is 4. The van der Waals surface area contributed by atoms with Crippen LogP contribution in [0.1, 0.15) is 0 Å². The van der Waals surface area contributed by atoms with Crippen molar-refractivity contribution in [3.63, 3.8) is 0 Å². The summed E-state index contributed by atoms with van der Waals surface area (Å²) in [4.78, 5) is 0. The minimum atomic E-state index is 0.745. The first-order chi connectivity index (χ1) is 68.1. The standard InChI is InChI=1S/C36H22ClN.2C32H20ClN.C30H20ClN/c37-28-12-7-11-23(18-28)26-16-17-32-33-19-24-8-1-2-9-25(24)20-36(33)38(34(32)21-26)35-22-27-10-3-4-13-29(27)30-14-5-6-15-31(30)35;33-23-10-8-9-21(19-23)22-17-18-29-30(20-22)34(24-11-2-1-3-12-24)32-28-16-7-5-14-26(28)25-13-4-6-15-27(25)31(29)32;33-23-11-8-10-22(19-23)29-20-30-31(27-16-7-6-15-26(27)29)28-18-17-21-9-4-5-14-25(21)32(28)34(30)24-12-2-1-3-13-24;31-25-11-7-10-22(18-25)24-14-16-27-28-19-23(21-8-3-1-4-9-21)15-17-29(28)32(30(27)20-24)26-12-5-2-6-13-26/h1-22H;2*1-20H;1-20H. The van der Waals surface area contributed by atoms with E-state index in [-0.39, 0.29) is 0 Å². The number of benzene rings is 24. The maximum Gasteiger partial charge on any atom is 0.0625 e. The third kappa shape index (κ3) is 14.7. The third-order valence-corrected chi connectivity index (χ3v) is 28.4. The van der Waals surface area contributed by atoms with Crippen LogP contribution in [0.15, 0.2) is 497 Å². The molecule has 4 nitrogen and oxygen atoms in total. The molecule has 0 unspecified atom stereocenters. The maximum atomic E-state index is 6.42. The summed E-state index contributed by atoms with van der Waals surface area (Å²) >= 11 is 25.4. The summed E-state index contributed by atoms with van der Waals surface area (Å²) in [5.41, 5.74) is 25.9. The lowest BCUT2D eigenvalue weighted by Crippen LogP contribution is -1.96. The summed E-state index contributed by atoms with van der Waals surface area (Å²) in [5, 5.41) is 30.7. The molecule has 0 aliphatic carbocycles. The van der Waals surface area contributed by atoms with Gasteiger partial charge in [-0.1, -0.05) is 404 Å². The number of fused-ring (bicyclic) bond motifs is 25. The molecule has 0 aliphatic rings. The molecule has 0 N–H and O–H groups in total. The van der Waals surface area contributed by atoms with Gasteiger partial charge in [-0.2, -0.15) is 0 Å². The number of hydrogen-bond donors (Lipinski definition) is 0. The topological polar surface area (TPSA) is 19.7 Å². The zero-order valence-electron chi connectivity index (χ0n) is 74.6. The summed E-state index contributed by atoms with van der Waals surface area (Å²) in [6, 6.07) is 177. The smallest absolute Gasteiger partial charge is 0.0625 e. The Morgan fingerprint density at radius 2 is 0.500 bits per heavy atom. The molecular formula is C130H82Cl4N4. The fourth-order valence-electron chi connectivity index (χ4n) is 21.3. The second-order valence-electron chi connectivity index (χ2n) is 35.4. The van der Waals surface area contributed by atoms with E-state index in [1.54, 1.807) is 0 Å². The molecule has 24 aromatic carbocycles. The molecule has 4 aromatic heterocycles. The molecular weight excluding hydrogens is 1760 g/mol. The number of nitrogens with zero attached hydrogens (tertiary/aromatic N) is 4. The van der Waals surface area contributed by atoms with Gasteiger partial charge in [-0.3, -0.25) is 0 Å². The Morgan fingerprint density at radius 3 is 1.07 bits per heavy atom. The van der Waals surface area contributed by atoms with E-state index in [1.165, 1.54) is 185 Å². The molecule has 0 fully saturated rings. The number of hydrogen-bond acceptors (Lipinski definition) is 0. The summed E-state index contributed by atoms with van der Waals surface area (Å²) < 4.78 is 9.66. The molecule has 0 saturated heterocycles. The van der Waals surface area contributed by atoms with Crippen LogP contribution in [-0.2, 0) is 0 Å². The third-order valence-electron chi connectivity index (χ3n) is 27.4. The number of halogens is 4. The van der Waals surface area contributed by atoms with E-state index in [9.17, 15) is 0 Å². The van der Waals surface area contributed by atoms with Crippen molar-refractivity contribution in [3.05, 3.63) is 518 Å². The minimum absolute atomic E-state index is 0.745. The lowest BCUT2D eigenvalue weighted by atomic mass is 9.94. The van der Waals surface area contributed by atoms with Crippen molar-refractivity contribution in [1.82, 2.24) is 18.3 Å². The highest BCUT2D eigenvalue weighted by molar-refractivity contribution is 6.35. The molecule has 650 valence electrons. The van der Waals surface area contributed by atoms with Gasteiger partial charge in [-0.15, -0.1) is 0 Å². The van der Waals surface area contributed by atoms with Gasteiger partial charge in [-0.25, -0.2) is 0 Å². The quantitative estimate of drug-likeness (QED) is 0.128. The Balaban J connectivity index is 0.0000000977. The molecule has 0 spiro atoms. The monoisotopic (exact) mass is 1840 g/mol. The van der Waals surface area contributed by atoms with Crippen LogP contribution in [-0.4, -0.2) is 18.3 Å². The summed E-state index contributed by atoms with van der Waals surface area (Å²) in [6.07, 6.45) is 0. The molecule has 28 rings (SSSR count). The van der Waals surface area contributed by atoms with Crippen LogP contribution < -0.4 is 0 Å². The molecule has 28 aromatic rings. The second kappa shape index (κ2) is 35.1. The molecule has 8 heteroatoms. The fraction of sp³-hybridized carbons (Fsp3) is 0. The van der Waals surface area contributed by atoms with Gasteiger partial charge < -0.3 is 18.3 Å². The normalized spacial score (nSPS) is 11.6. The van der Waals surface area contributed by atoms with Crippen LogP contribution in [0.4, 0.5) is 0 Å². The number of rotatable bonds is 9. The Bertz CT molecular complexity index is 9680. The predicted molar refractivity (Wildman–Crippen MR) is 593 cm³/mol. The van der Waals surface area contributed by atoms with Crippen LogP contribution in [0, 0.1) is 0 Å². The largest absolute Gasteiger partial charge is 0.309 e. The van der Waals surface area contributed by atoms with E-state index < -0.39 is 0 Å². The van der Waals surface area contributed by atoms with Gasteiger partial charge in [0.15, 0.2) is 0 Å². The first kappa shape index (κ1) is 83.3. The maximum absolute atomic E-state index is 6.42. The average molecular weight is 1840 g/mol. The second-order valence-corrected chi connectivity index (χ2v) is 37.2. The van der Waals surface area contributed by atoms with Crippen LogP contribution in [0.3, 0.4) is 0 Å². The van der Waals surface area contributed by atoms with Crippen molar-refractivity contribution in [3.8, 4) is 78.4 Å². The van der Waals surface area contributed by atoms with Crippen LogP contribution >= 0.6 is 46.4 Å². The van der Waals surface area contributed by atoms with Crippen molar-refractivity contribution in [1.29, 1.82) is 0 Å². The fourth-order valence-corrected chi connectivity index (χ4v) is 22.1. The van der Waals surface area contributed by atoms with Gasteiger partial charge in [-0.05, 0) is 254 Å². The van der Waals surface area contributed by atoms with Gasteiger partial charge in [0, 0.05) is 96.4 Å². The molecule has 138 heavy (non-hydrogen) atoms. The van der Waals surface area contributed by atoms with Gasteiger partial charge >= 0.3 is 0 Å². The van der Waals surface area contributed by atoms with Crippen LogP contribution in [0.25, 0.3) is 241 Å². The van der Waals surface area contributed by atoms with Gasteiger partial charge in [0.1, 0.15) is 0 Å². The van der Waals surface area contributed by atoms with E-state index in [0.717, 1.165) is 76.1 Å². The highest BCUT2D eigenvalue weighted by Gasteiger charge is 2.25. The van der Waals surface area contributed by atoms with E-state index in [0.29, 0.717) is 0 Å². The predicted octanol–water partition coefficient (Wildman–Crippen LogP) is 38.2. The zero-order chi connectivity index (χ0) is 92.0. The van der Waals surface area contributed by atoms with E-state index >= 15 is 0 Å². The highest BCUT2D eigenvalue weighted by Crippen LogP contribution is 2.49. The molecule has 0 aliphatic heterocycles. The minimum Gasteiger partial charge on any atom is -0.309 e. The summed E-state index contributed by atoms with van der Waals surface area (Å²) in [5.74, 6) is 0. The van der Waals surface area contributed by atoms with E-state index in [1.807, 2.05) is 66.7 Å². The Labute approximate surface area is 816 Å². The van der Waals surface area contributed by atoms with Crippen LogP contribution in [0.5, 0.6) is 0 Å². The van der Waals surface area contributed by atoms with Gasteiger partial charge in [0.25, 0.3) is 0 Å². The average Bonchev–Trinajstić information content (AvgIpc) is 1.56. The molecule has 0 radical (unpaired) electrons. The van der Waals surface area contributed by atoms with Crippen molar-refractivity contribution in [2.75, 3.05) is 0 Å². The summed E-state index contributed by atoms with van der Waals surface area (Å²) in [7, 11) is 0.